The lowest BCUT2D eigenvalue weighted by Gasteiger charge is -2.05. The molecule has 0 amide bonds. The van der Waals surface area contributed by atoms with Crippen molar-refractivity contribution in [3.63, 3.8) is 0 Å². The van der Waals surface area contributed by atoms with Gasteiger partial charge in [0.05, 0.1) is 0 Å². The molecule has 1 N–H and O–H groups in total. The fraction of sp³-hybridized carbons (Fsp3) is 0.167. The second kappa shape index (κ2) is 2.27. The van der Waals surface area contributed by atoms with Gasteiger partial charge in [0.25, 0.3) is 0 Å². The average molecular weight is 144 g/mol. The standard InChI is InChI=1S/C6H8O2S/c1-5-3-2-4-9(5)6(7)8/h2-4,9H,1H3,(H,7,8). The van der Waals surface area contributed by atoms with E-state index >= 15 is 0 Å². The van der Waals surface area contributed by atoms with Crippen molar-refractivity contribution < 1.29 is 9.90 Å². The zero-order valence-corrected chi connectivity index (χ0v) is 5.93. The lowest BCUT2D eigenvalue weighted by atomic mass is 10.5. The summed E-state index contributed by atoms with van der Waals surface area (Å²) in [5.41, 5.74) is 0. The van der Waals surface area contributed by atoms with Crippen LogP contribution in [0, 0.1) is 0 Å². The van der Waals surface area contributed by atoms with Crippen LogP contribution in [0.4, 0.5) is 4.79 Å². The summed E-state index contributed by atoms with van der Waals surface area (Å²) in [6, 6.07) is 0. The van der Waals surface area contributed by atoms with Crippen LogP contribution in [-0.2, 0) is 0 Å². The molecule has 0 aromatic rings. The smallest absolute Gasteiger partial charge is 0.351 e. The molecule has 1 aliphatic heterocycles. The summed E-state index contributed by atoms with van der Waals surface area (Å²) in [6.45, 7) is 1.85. The Morgan fingerprint density at radius 2 is 2.44 bits per heavy atom. The summed E-state index contributed by atoms with van der Waals surface area (Å²) in [4.78, 5) is 11.3. The summed E-state index contributed by atoms with van der Waals surface area (Å²) >= 11 is 0. The molecule has 2 nitrogen and oxygen atoms in total. The van der Waals surface area contributed by atoms with Crippen molar-refractivity contribution in [1.29, 1.82) is 0 Å². The molecule has 0 saturated heterocycles. The zero-order chi connectivity index (χ0) is 6.85. The summed E-state index contributed by atoms with van der Waals surface area (Å²) in [5, 5.41) is 9.56. The number of allylic oxidation sites excluding steroid dienone is 3. The van der Waals surface area contributed by atoms with E-state index in [4.69, 9.17) is 5.11 Å². The van der Waals surface area contributed by atoms with Crippen molar-refractivity contribution in [2.75, 3.05) is 0 Å². The first-order chi connectivity index (χ1) is 4.22. The van der Waals surface area contributed by atoms with E-state index in [2.05, 4.69) is 0 Å². The highest BCUT2D eigenvalue weighted by Gasteiger charge is 2.12. The molecule has 9 heavy (non-hydrogen) atoms. The maximum absolute atomic E-state index is 10.3. The van der Waals surface area contributed by atoms with Crippen LogP contribution in [0.2, 0.25) is 0 Å². The number of hydrogen-bond donors (Lipinski definition) is 2. The molecule has 0 radical (unpaired) electrons. The second-order valence-corrected chi connectivity index (χ2v) is 3.93. The van der Waals surface area contributed by atoms with Gasteiger partial charge in [-0.25, -0.2) is 4.79 Å². The maximum Gasteiger partial charge on any atom is 0.351 e. The van der Waals surface area contributed by atoms with Gasteiger partial charge in [0, 0.05) is 0 Å². The summed E-state index contributed by atoms with van der Waals surface area (Å²) < 4.78 is 0. The van der Waals surface area contributed by atoms with Crippen molar-refractivity contribution in [2.24, 2.45) is 0 Å². The average Bonchev–Trinajstić information content (AvgIpc) is 2.13. The fourth-order valence-corrected chi connectivity index (χ4v) is 1.85. The van der Waals surface area contributed by atoms with E-state index in [1.54, 1.807) is 11.5 Å². The lowest BCUT2D eigenvalue weighted by molar-refractivity contribution is 0.222. The van der Waals surface area contributed by atoms with Crippen molar-refractivity contribution in [2.45, 2.75) is 6.92 Å². The van der Waals surface area contributed by atoms with Gasteiger partial charge in [0.2, 0.25) is 0 Å². The van der Waals surface area contributed by atoms with Gasteiger partial charge in [-0.15, -0.1) is 10.9 Å². The van der Waals surface area contributed by atoms with Crippen molar-refractivity contribution in [1.82, 2.24) is 0 Å². The number of hydrogen-bond acceptors (Lipinski definition) is 1. The summed E-state index contributed by atoms with van der Waals surface area (Å²) in [7, 11) is -0.968. The molecule has 1 heterocycles. The van der Waals surface area contributed by atoms with Gasteiger partial charge in [0.15, 0.2) is 0 Å². The largest absolute Gasteiger partial charge is 0.474 e. The van der Waals surface area contributed by atoms with Crippen LogP contribution in [0.5, 0.6) is 0 Å². The number of rotatable bonds is 0. The molecular weight excluding hydrogens is 136 g/mol. The molecular formula is C6H8O2S. The molecule has 0 aliphatic carbocycles. The normalized spacial score (nSPS) is 28.1. The first-order valence-electron chi connectivity index (χ1n) is 2.59. The number of thiol groups is 1. The molecule has 0 aromatic heterocycles. The highest BCUT2D eigenvalue weighted by molar-refractivity contribution is 8.34. The van der Waals surface area contributed by atoms with E-state index in [1.165, 1.54) is 0 Å². The van der Waals surface area contributed by atoms with E-state index in [1.807, 2.05) is 13.0 Å². The number of carbonyl (C=O) groups is 1. The van der Waals surface area contributed by atoms with Crippen molar-refractivity contribution in [3.05, 3.63) is 22.5 Å². The molecule has 0 saturated carbocycles. The van der Waals surface area contributed by atoms with Crippen LogP contribution >= 0.6 is 10.9 Å². The number of carboxylic acid groups (broad SMARTS) is 1. The van der Waals surface area contributed by atoms with E-state index < -0.39 is 16.2 Å². The van der Waals surface area contributed by atoms with Gasteiger partial charge >= 0.3 is 5.30 Å². The van der Waals surface area contributed by atoms with Crippen LogP contribution in [-0.4, -0.2) is 10.4 Å². The Morgan fingerprint density at radius 1 is 1.78 bits per heavy atom. The Bertz CT molecular complexity index is 193. The summed E-state index contributed by atoms with van der Waals surface area (Å²) in [6.07, 6.45) is 3.65. The van der Waals surface area contributed by atoms with Crippen LogP contribution in [0.25, 0.3) is 0 Å². The molecule has 0 fully saturated rings. The van der Waals surface area contributed by atoms with Crippen molar-refractivity contribution >= 4 is 16.2 Å². The minimum atomic E-state index is -0.968. The topological polar surface area (TPSA) is 37.3 Å². The van der Waals surface area contributed by atoms with E-state index in [0.717, 1.165) is 4.91 Å². The van der Waals surface area contributed by atoms with Gasteiger partial charge in [-0.05, 0) is 17.2 Å². The minimum absolute atomic E-state index is 0.701. The third-order valence-corrected chi connectivity index (χ3v) is 2.95. The Morgan fingerprint density at radius 3 is 2.67 bits per heavy atom. The Balaban J connectivity index is 2.74. The van der Waals surface area contributed by atoms with Gasteiger partial charge in [-0.2, -0.15) is 0 Å². The third-order valence-electron chi connectivity index (χ3n) is 1.16. The van der Waals surface area contributed by atoms with Crippen molar-refractivity contribution in [3.8, 4) is 0 Å². The van der Waals surface area contributed by atoms with Gasteiger partial charge < -0.3 is 5.11 Å². The highest BCUT2D eigenvalue weighted by Crippen LogP contribution is 2.40. The van der Waals surface area contributed by atoms with E-state index in [-0.39, 0.29) is 0 Å². The van der Waals surface area contributed by atoms with Crippen LogP contribution in [0.15, 0.2) is 22.5 Å². The minimum Gasteiger partial charge on any atom is -0.474 e. The molecule has 1 aliphatic rings. The highest BCUT2D eigenvalue weighted by atomic mass is 32.2. The molecule has 0 bridgehead atoms. The predicted octanol–water partition coefficient (Wildman–Crippen LogP) is 2.10. The zero-order valence-electron chi connectivity index (χ0n) is 5.03. The maximum atomic E-state index is 10.3. The van der Waals surface area contributed by atoms with Gasteiger partial charge in [0.1, 0.15) is 0 Å². The van der Waals surface area contributed by atoms with E-state index in [9.17, 15) is 4.79 Å². The molecule has 1 atom stereocenters. The first-order valence-corrected chi connectivity index (χ1v) is 4.00. The molecule has 3 heteroatoms. The SMILES string of the molecule is CC1=CC=C[SH]1C(=O)O. The third kappa shape index (κ3) is 1.16. The van der Waals surface area contributed by atoms with E-state index in [0.29, 0.717) is 0 Å². The van der Waals surface area contributed by atoms with Gasteiger partial charge in [-0.1, -0.05) is 12.2 Å². The van der Waals surface area contributed by atoms with Gasteiger partial charge in [-0.3, -0.25) is 0 Å². The molecule has 0 spiro atoms. The quantitative estimate of drug-likeness (QED) is 0.511. The monoisotopic (exact) mass is 144 g/mol. The van der Waals surface area contributed by atoms with Crippen LogP contribution < -0.4 is 0 Å². The molecule has 1 rings (SSSR count). The Labute approximate surface area is 56.2 Å². The molecule has 50 valence electrons. The van der Waals surface area contributed by atoms with Crippen LogP contribution in [0.1, 0.15) is 6.92 Å². The Kier molecular flexibility index (Phi) is 1.62. The fourth-order valence-electron chi connectivity index (χ4n) is 0.681. The first kappa shape index (κ1) is 6.42. The lowest BCUT2D eigenvalue weighted by Crippen LogP contribution is -1.89. The second-order valence-electron chi connectivity index (χ2n) is 1.80. The predicted molar refractivity (Wildman–Crippen MR) is 39.9 cm³/mol. The molecule has 1 unspecified atom stereocenters. The van der Waals surface area contributed by atoms with Crippen LogP contribution in [0.3, 0.4) is 0 Å². The Hall–Kier alpha value is -0.700. The molecule has 0 aromatic carbocycles. The summed E-state index contributed by atoms with van der Waals surface area (Å²) in [5.74, 6) is 0.